The number of carbonyl (C=O) groups excluding carboxylic acids is 1. The molecule has 1 heterocycles. The highest BCUT2D eigenvalue weighted by Gasteiger charge is 2.29. The standard InChI is InChI=1S/C24H23ClN2O4/c25-23-19(10-5-12-26-23)22(29)21(28)11-13-27-24(30)31-14-20-17-8-3-1-6-15(17)16-7-2-4-9-18(16)20/h1-10,12,20-22,28-29H,11,13-14H2,(H,27,30). The van der Waals surface area contributed by atoms with Gasteiger partial charge in [0.05, 0.1) is 6.10 Å². The zero-order valence-electron chi connectivity index (χ0n) is 16.7. The van der Waals surface area contributed by atoms with Crippen LogP contribution in [0.4, 0.5) is 4.79 Å². The summed E-state index contributed by atoms with van der Waals surface area (Å²) in [5.74, 6) is -0.0155. The van der Waals surface area contributed by atoms with Crippen LogP contribution in [-0.2, 0) is 4.74 Å². The van der Waals surface area contributed by atoms with Gasteiger partial charge in [0, 0.05) is 24.2 Å². The van der Waals surface area contributed by atoms with Crippen LogP contribution in [0.1, 0.15) is 35.1 Å². The molecule has 7 heteroatoms. The third kappa shape index (κ3) is 4.56. The number of aliphatic hydroxyl groups is 2. The van der Waals surface area contributed by atoms with Crippen LogP contribution < -0.4 is 5.32 Å². The lowest BCUT2D eigenvalue weighted by Gasteiger charge is -2.19. The highest BCUT2D eigenvalue weighted by Crippen LogP contribution is 2.44. The smallest absolute Gasteiger partial charge is 0.407 e. The molecule has 0 spiro atoms. The van der Waals surface area contributed by atoms with Crippen LogP contribution in [0.2, 0.25) is 5.15 Å². The molecule has 1 aliphatic rings. The second-order valence-corrected chi connectivity index (χ2v) is 7.79. The molecule has 2 aromatic carbocycles. The van der Waals surface area contributed by atoms with Crippen molar-refractivity contribution in [3.8, 4) is 11.1 Å². The number of nitrogens with zero attached hydrogens (tertiary/aromatic N) is 1. The molecule has 0 aliphatic heterocycles. The number of halogens is 1. The molecule has 1 aromatic heterocycles. The van der Waals surface area contributed by atoms with Crippen molar-refractivity contribution in [1.82, 2.24) is 10.3 Å². The monoisotopic (exact) mass is 438 g/mol. The Morgan fingerprint density at radius 1 is 1.03 bits per heavy atom. The first-order valence-corrected chi connectivity index (χ1v) is 10.5. The number of nitrogens with one attached hydrogen (secondary N) is 1. The average molecular weight is 439 g/mol. The fourth-order valence-corrected chi connectivity index (χ4v) is 4.19. The molecular formula is C24H23ClN2O4. The second kappa shape index (κ2) is 9.47. The molecule has 4 rings (SSSR count). The number of benzene rings is 2. The number of pyridine rings is 1. The molecule has 0 radical (unpaired) electrons. The fourth-order valence-electron chi connectivity index (χ4n) is 3.96. The summed E-state index contributed by atoms with van der Waals surface area (Å²) in [6, 6.07) is 19.5. The van der Waals surface area contributed by atoms with E-state index in [-0.39, 0.29) is 30.6 Å². The van der Waals surface area contributed by atoms with Gasteiger partial charge < -0.3 is 20.3 Å². The molecular weight excluding hydrogens is 416 g/mol. The lowest BCUT2D eigenvalue weighted by atomic mass is 9.98. The van der Waals surface area contributed by atoms with E-state index < -0.39 is 18.3 Å². The van der Waals surface area contributed by atoms with Gasteiger partial charge in [-0.3, -0.25) is 0 Å². The van der Waals surface area contributed by atoms with Crippen LogP contribution >= 0.6 is 11.6 Å². The van der Waals surface area contributed by atoms with Crippen LogP contribution in [0.15, 0.2) is 66.9 Å². The maximum absolute atomic E-state index is 12.2. The predicted octanol–water partition coefficient (Wildman–Crippen LogP) is 4.06. The van der Waals surface area contributed by atoms with E-state index in [1.807, 2.05) is 24.3 Å². The summed E-state index contributed by atoms with van der Waals surface area (Å²) >= 11 is 5.95. The van der Waals surface area contributed by atoms with Gasteiger partial charge in [-0.2, -0.15) is 0 Å². The maximum Gasteiger partial charge on any atom is 0.407 e. The Hall–Kier alpha value is -2.93. The average Bonchev–Trinajstić information content (AvgIpc) is 3.11. The minimum atomic E-state index is -1.19. The molecule has 1 aliphatic carbocycles. The first-order chi connectivity index (χ1) is 15.1. The number of carbonyl (C=O) groups is 1. The Bertz CT molecular complexity index is 1030. The van der Waals surface area contributed by atoms with Gasteiger partial charge in [0.2, 0.25) is 0 Å². The Morgan fingerprint density at radius 3 is 2.32 bits per heavy atom. The number of amides is 1. The van der Waals surface area contributed by atoms with Crippen molar-refractivity contribution in [2.75, 3.05) is 13.2 Å². The van der Waals surface area contributed by atoms with Crippen LogP contribution in [-0.4, -0.2) is 40.5 Å². The zero-order valence-corrected chi connectivity index (χ0v) is 17.5. The SMILES string of the molecule is O=C(NCCC(O)C(O)c1cccnc1Cl)OCC1c2ccccc2-c2ccccc21. The van der Waals surface area contributed by atoms with Crippen LogP contribution in [0.5, 0.6) is 0 Å². The van der Waals surface area contributed by atoms with Gasteiger partial charge in [-0.1, -0.05) is 66.2 Å². The number of rotatable bonds is 7. The molecule has 2 atom stereocenters. The molecule has 0 fully saturated rings. The Morgan fingerprint density at radius 2 is 1.68 bits per heavy atom. The van der Waals surface area contributed by atoms with Gasteiger partial charge in [0.25, 0.3) is 0 Å². The van der Waals surface area contributed by atoms with Gasteiger partial charge in [-0.15, -0.1) is 0 Å². The molecule has 0 bridgehead atoms. The van der Waals surface area contributed by atoms with Crippen molar-refractivity contribution in [3.63, 3.8) is 0 Å². The van der Waals surface area contributed by atoms with Gasteiger partial charge in [-0.25, -0.2) is 9.78 Å². The number of hydrogen-bond donors (Lipinski definition) is 3. The lowest BCUT2D eigenvalue weighted by Crippen LogP contribution is -2.30. The number of hydrogen-bond acceptors (Lipinski definition) is 5. The zero-order chi connectivity index (χ0) is 21.8. The number of aromatic nitrogens is 1. The molecule has 160 valence electrons. The van der Waals surface area contributed by atoms with E-state index in [4.69, 9.17) is 16.3 Å². The third-order valence-corrected chi connectivity index (χ3v) is 5.84. The lowest BCUT2D eigenvalue weighted by molar-refractivity contribution is 0.0135. The van der Waals surface area contributed by atoms with Crippen molar-refractivity contribution in [2.45, 2.75) is 24.5 Å². The van der Waals surface area contributed by atoms with Crippen molar-refractivity contribution < 1.29 is 19.7 Å². The Labute approximate surface area is 185 Å². The summed E-state index contributed by atoms with van der Waals surface area (Å²) in [6.07, 6.45) is -1.22. The van der Waals surface area contributed by atoms with Gasteiger partial charge in [-0.05, 0) is 34.7 Å². The molecule has 6 nitrogen and oxygen atoms in total. The van der Waals surface area contributed by atoms with E-state index in [0.29, 0.717) is 5.56 Å². The van der Waals surface area contributed by atoms with E-state index in [9.17, 15) is 15.0 Å². The van der Waals surface area contributed by atoms with Crippen LogP contribution in [0.3, 0.4) is 0 Å². The molecule has 2 unspecified atom stereocenters. The molecule has 0 saturated carbocycles. The van der Waals surface area contributed by atoms with E-state index in [0.717, 1.165) is 11.1 Å². The molecule has 3 aromatic rings. The van der Waals surface area contributed by atoms with Crippen molar-refractivity contribution >= 4 is 17.7 Å². The Balaban J connectivity index is 1.29. The van der Waals surface area contributed by atoms with Gasteiger partial charge >= 0.3 is 6.09 Å². The predicted molar refractivity (Wildman–Crippen MR) is 118 cm³/mol. The first-order valence-electron chi connectivity index (χ1n) is 10.1. The van der Waals surface area contributed by atoms with E-state index in [1.165, 1.54) is 17.3 Å². The summed E-state index contributed by atoms with van der Waals surface area (Å²) in [7, 11) is 0. The summed E-state index contributed by atoms with van der Waals surface area (Å²) in [5.41, 5.74) is 4.96. The fraction of sp³-hybridized carbons (Fsp3) is 0.250. The topological polar surface area (TPSA) is 91.7 Å². The van der Waals surface area contributed by atoms with Crippen LogP contribution in [0, 0.1) is 0 Å². The molecule has 1 amide bonds. The van der Waals surface area contributed by atoms with E-state index in [2.05, 4.69) is 34.6 Å². The molecule has 0 saturated heterocycles. The minimum absolute atomic E-state index is 0.0155. The van der Waals surface area contributed by atoms with Crippen molar-refractivity contribution in [1.29, 1.82) is 0 Å². The van der Waals surface area contributed by atoms with Crippen molar-refractivity contribution in [3.05, 3.63) is 88.7 Å². The van der Waals surface area contributed by atoms with Crippen molar-refractivity contribution in [2.24, 2.45) is 0 Å². The molecule has 31 heavy (non-hydrogen) atoms. The minimum Gasteiger partial charge on any atom is -0.449 e. The van der Waals surface area contributed by atoms with Gasteiger partial charge in [0.15, 0.2) is 0 Å². The van der Waals surface area contributed by atoms with Gasteiger partial charge in [0.1, 0.15) is 17.9 Å². The number of fused-ring (bicyclic) bond motifs is 3. The van der Waals surface area contributed by atoms with E-state index >= 15 is 0 Å². The first kappa shape index (κ1) is 21.3. The summed E-state index contributed by atoms with van der Waals surface area (Å²) in [4.78, 5) is 16.1. The normalized spacial score (nSPS) is 14.4. The van der Waals surface area contributed by atoms with E-state index in [1.54, 1.807) is 12.1 Å². The maximum atomic E-state index is 12.2. The second-order valence-electron chi connectivity index (χ2n) is 7.44. The largest absolute Gasteiger partial charge is 0.449 e. The van der Waals surface area contributed by atoms with Crippen LogP contribution in [0.25, 0.3) is 11.1 Å². The number of alkyl carbamates (subject to hydrolysis) is 1. The quantitative estimate of drug-likeness (QED) is 0.484. The summed E-state index contributed by atoms with van der Waals surface area (Å²) in [6.45, 7) is 0.364. The summed E-state index contributed by atoms with van der Waals surface area (Å²) < 4.78 is 5.46. The molecule has 3 N–H and O–H groups in total. The number of ether oxygens (including phenoxy) is 1. The number of aliphatic hydroxyl groups excluding tert-OH is 2. The highest BCUT2D eigenvalue weighted by molar-refractivity contribution is 6.30. The summed E-state index contributed by atoms with van der Waals surface area (Å²) in [5, 5.41) is 23.2. The third-order valence-electron chi connectivity index (χ3n) is 5.52. The highest BCUT2D eigenvalue weighted by atomic mass is 35.5. The Kier molecular flexibility index (Phi) is 6.51.